The molecule has 24 heavy (non-hydrogen) atoms. The van der Waals surface area contributed by atoms with Crippen LogP contribution >= 0.6 is 11.6 Å². The molecule has 0 amide bonds. The van der Waals surface area contributed by atoms with Gasteiger partial charge < -0.3 is 0 Å². The number of ketones is 1. The first kappa shape index (κ1) is 17.7. The molecular formula is C20H19ClN2O. The van der Waals surface area contributed by atoms with Crippen LogP contribution in [0.1, 0.15) is 29.9 Å². The average molecular weight is 339 g/mol. The minimum atomic E-state index is -0.0387. The Morgan fingerprint density at radius 2 is 1.71 bits per heavy atom. The van der Waals surface area contributed by atoms with Crippen LogP contribution in [0.3, 0.4) is 0 Å². The number of H-pyrrole nitrogens is 1. The maximum atomic E-state index is 12.0. The number of halogens is 1. The Balaban J connectivity index is 0.00000100. The number of nitrogens with zero attached hydrogens (tertiary/aromatic N) is 1. The fourth-order valence-electron chi connectivity index (χ4n) is 2.05. The lowest BCUT2D eigenvalue weighted by atomic mass is 10.1. The lowest BCUT2D eigenvalue weighted by Gasteiger charge is -1.95. The highest BCUT2D eigenvalue weighted by Crippen LogP contribution is 2.20. The molecule has 0 aliphatic heterocycles. The van der Waals surface area contributed by atoms with Crippen LogP contribution in [0.4, 0.5) is 0 Å². The van der Waals surface area contributed by atoms with Crippen molar-refractivity contribution < 1.29 is 4.79 Å². The van der Waals surface area contributed by atoms with E-state index in [2.05, 4.69) is 10.2 Å². The summed E-state index contributed by atoms with van der Waals surface area (Å²) in [6.45, 7) is 4.00. The Kier molecular flexibility index (Phi) is 6.52. The molecule has 1 aromatic heterocycles. The molecule has 122 valence electrons. The maximum Gasteiger partial charge on any atom is 0.185 e. The fourth-order valence-corrected chi connectivity index (χ4v) is 2.18. The van der Waals surface area contributed by atoms with E-state index in [9.17, 15) is 4.79 Å². The molecule has 0 aliphatic carbocycles. The summed E-state index contributed by atoms with van der Waals surface area (Å²) in [5.41, 5.74) is 3.21. The van der Waals surface area contributed by atoms with Crippen LogP contribution in [-0.4, -0.2) is 16.0 Å². The molecule has 2 aromatic carbocycles. The van der Waals surface area contributed by atoms with Crippen molar-refractivity contribution in [1.29, 1.82) is 0 Å². The second-order valence-electron chi connectivity index (χ2n) is 4.78. The molecule has 4 heteroatoms. The van der Waals surface area contributed by atoms with Crippen molar-refractivity contribution in [3.63, 3.8) is 0 Å². The highest BCUT2D eigenvalue weighted by molar-refractivity contribution is 6.30. The minimum absolute atomic E-state index is 0.0387. The van der Waals surface area contributed by atoms with E-state index in [0.29, 0.717) is 10.6 Å². The molecular weight excluding hydrogens is 320 g/mol. The molecule has 0 saturated heterocycles. The van der Waals surface area contributed by atoms with Gasteiger partial charge in [0, 0.05) is 16.1 Å². The van der Waals surface area contributed by atoms with Crippen LogP contribution in [0.15, 0.2) is 66.7 Å². The van der Waals surface area contributed by atoms with Crippen LogP contribution in [0.5, 0.6) is 0 Å². The number of aromatic amines is 1. The average Bonchev–Trinajstić information content (AvgIpc) is 3.12. The maximum absolute atomic E-state index is 12.0. The first-order chi connectivity index (χ1) is 11.7. The molecule has 0 spiro atoms. The molecule has 0 fully saturated rings. The summed E-state index contributed by atoms with van der Waals surface area (Å²) in [5.74, 6) is -0.0387. The van der Waals surface area contributed by atoms with E-state index in [1.807, 2.05) is 62.4 Å². The van der Waals surface area contributed by atoms with Gasteiger partial charge in [-0.25, -0.2) is 0 Å². The summed E-state index contributed by atoms with van der Waals surface area (Å²) in [7, 11) is 0. The van der Waals surface area contributed by atoms with Crippen LogP contribution in [0.2, 0.25) is 5.02 Å². The van der Waals surface area contributed by atoms with Gasteiger partial charge in [-0.3, -0.25) is 9.89 Å². The van der Waals surface area contributed by atoms with Gasteiger partial charge in [0.15, 0.2) is 5.78 Å². The van der Waals surface area contributed by atoms with Gasteiger partial charge in [-0.2, -0.15) is 5.10 Å². The second-order valence-corrected chi connectivity index (χ2v) is 5.22. The van der Waals surface area contributed by atoms with E-state index in [1.54, 1.807) is 18.2 Å². The van der Waals surface area contributed by atoms with Crippen LogP contribution in [-0.2, 0) is 0 Å². The highest BCUT2D eigenvalue weighted by Gasteiger charge is 2.03. The van der Waals surface area contributed by atoms with Gasteiger partial charge in [0.25, 0.3) is 0 Å². The third-order valence-electron chi connectivity index (χ3n) is 3.21. The third-order valence-corrected chi connectivity index (χ3v) is 3.46. The zero-order valence-corrected chi connectivity index (χ0v) is 14.4. The molecule has 0 atom stereocenters. The molecule has 1 heterocycles. The van der Waals surface area contributed by atoms with Crippen molar-refractivity contribution in [2.75, 3.05) is 0 Å². The summed E-state index contributed by atoms with van der Waals surface area (Å²) in [6.07, 6.45) is 3.26. The topological polar surface area (TPSA) is 45.8 Å². The van der Waals surface area contributed by atoms with E-state index >= 15 is 0 Å². The molecule has 0 aliphatic rings. The number of allylic oxidation sites excluding steroid dienone is 1. The second kappa shape index (κ2) is 8.85. The van der Waals surface area contributed by atoms with Gasteiger partial charge in [-0.15, -0.1) is 0 Å². The normalized spacial score (nSPS) is 10.3. The number of hydrogen-bond acceptors (Lipinski definition) is 2. The number of aromatic nitrogens is 2. The summed E-state index contributed by atoms with van der Waals surface area (Å²) in [6, 6.07) is 18.5. The molecule has 0 unspecified atom stereocenters. The summed E-state index contributed by atoms with van der Waals surface area (Å²) < 4.78 is 0. The van der Waals surface area contributed by atoms with E-state index in [1.165, 1.54) is 6.08 Å². The zero-order valence-electron chi connectivity index (χ0n) is 13.7. The lowest BCUT2D eigenvalue weighted by molar-refractivity contribution is 0.104. The van der Waals surface area contributed by atoms with E-state index in [0.717, 1.165) is 17.0 Å². The number of benzene rings is 2. The van der Waals surface area contributed by atoms with Crippen molar-refractivity contribution in [3.05, 3.63) is 83.0 Å². The number of nitrogens with one attached hydrogen (secondary N) is 1. The quantitative estimate of drug-likeness (QED) is 0.493. The first-order valence-electron chi connectivity index (χ1n) is 7.81. The number of carbonyl (C=O) groups is 1. The molecule has 1 N–H and O–H groups in total. The van der Waals surface area contributed by atoms with Crippen molar-refractivity contribution >= 4 is 23.5 Å². The predicted molar refractivity (Wildman–Crippen MR) is 100 cm³/mol. The van der Waals surface area contributed by atoms with E-state index in [4.69, 9.17) is 11.6 Å². The van der Waals surface area contributed by atoms with Crippen molar-refractivity contribution in [2.45, 2.75) is 13.8 Å². The standard InChI is InChI=1S/C18H13ClN2O.C2H6/c19-15-8-6-13(7-9-15)17-12-16(20-21-17)10-11-18(22)14-4-2-1-3-5-14;1-2/h1-12H,(H,20,21);1-2H3/b11-10+;. The molecule has 3 rings (SSSR count). The first-order valence-corrected chi connectivity index (χ1v) is 8.19. The largest absolute Gasteiger partial charge is 0.289 e. The number of rotatable bonds is 4. The van der Waals surface area contributed by atoms with Crippen molar-refractivity contribution in [1.82, 2.24) is 10.2 Å². The Hall–Kier alpha value is -2.65. The van der Waals surface area contributed by atoms with Crippen LogP contribution in [0.25, 0.3) is 17.3 Å². The lowest BCUT2D eigenvalue weighted by Crippen LogP contribution is -1.92. The molecule has 0 radical (unpaired) electrons. The molecule has 3 aromatic rings. The molecule has 3 nitrogen and oxygen atoms in total. The van der Waals surface area contributed by atoms with Gasteiger partial charge in [0.05, 0.1) is 11.4 Å². The summed E-state index contributed by atoms with van der Waals surface area (Å²) >= 11 is 5.87. The van der Waals surface area contributed by atoms with Crippen LogP contribution in [0, 0.1) is 0 Å². The van der Waals surface area contributed by atoms with Crippen molar-refractivity contribution in [2.24, 2.45) is 0 Å². The molecule has 0 saturated carbocycles. The van der Waals surface area contributed by atoms with Gasteiger partial charge in [-0.1, -0.05) is 67.9 Å². The summed E-state index contributed by atoms with van der Waals surface area (Å²) in [5, 5.41) is 7.83. The Morgan fingerprint density at radius 1 is 1.04 bits per heavy atom. The van der Waals surface area contributed by atoms with Crippen molar-refractivity contribution in [3.8, 4) is 11.3 Å². The Bertz CT molecular complexity index is 805. The number of carbonyl (C=O) groups excluding carboxylic acids is 1. The van der Waals surface area contributed by atoms with Gasteiger partial charge in [-0.05, 0) is 30.4 Å². The zero-order chi connectivity index (χ0) is 17.4. The smallest absolute Gasteiger partial charge is 0.185 e. The minimum Gasteiger partial charge on any atom is -0.289 e. The van der Waals surface area contributed by atoms with Gasteiger partial charge in [0.1, 0.15) is 0 Å². The third kappa shape index (κ3) is 4.67. The summed E-state index contributed by atoms with van der Waals surface area (Å²) in [4.78, 5) is 12.0. The SMILES string of the molecule is CC.O=C(/C=C/c1cc(-c2ccc(Cl)cc2)n[nH]1)c1ccccc1. The van der Waals surface area contributed by atoms with E-state index < -0.39 is 0 Å². The fraction of sp³-hybridized carbons (Fsp3) is 0.100. The van der Waals surface area contributed by atoms with E-state index in [-0.39, 0.29) is 5.78 Å². The predicted octanol–water partition coefficient (Wildman–Crippen LogP) is 5.65. The molecule has 0 bridgehead atoms. The number of hydrogen-bond donors (Lipinski definition) is 1. The highest BCUT2D eigenvalue weighted by atomic mass is 35.5. The monoisotopic (exact) mass is 338 g/mol. The van der Waals surface area contributed by atoms with Gasteiger partial charge in [0.2, 0.25) is 0 Å². The van der Waals surface area contributed by atoms with Crippen LogP contribution < -0.4 is 0 Å². The Morgan fingerprint density at radius 3 is 2.38 bits per heavy atom. The van der Waals surface area contributed by atoms with Gasteiger partial charge >= 0.3 is 0 Å². The Labute approximate surface area is 147 Å².